The summed E-state index contributed by atoms with van der Waals surface area (Å²) in [4.78, 5) is 27.4. The van der Waals surface area contributed by atoms with Crippen LogP contribution < -0.4 is 4.90 Å². The van der Waals surface area contributed by atoms with Gasteiger partial charge in [0.15, 0.2) is 0 Å². The first-order valence-electron chi connectivity index (χ1n) is 12.1. The lowest BCUT2D eigenvalue weighted by atomic mass is 9.84. The van der Waals surface area contributed by atoms with Crippen LogP contribution >= 0.6 is 11.8 Å². The lowest BCUT2D eigenvalue weighted by Gasteiger charge is -2.22. The fourth-order valence-electron chi connectivity index (χ4n) is 5.19. The van der Waals surface area contributed by atoms with E-state index in [4.69, 9.17) is 0 Å². The predicted molar refractivity (Wildman–Crippen MR) is 141 cm³/mol. The zero-order chi connectivity index (χ0) is 23.8. The van der Waals surface area contributed by atoms with Crippen molar-refractivity contribution in [1.82, 2.24) is 4.57 Å². The van der Waals surface area contributed by atoms with Gasteiger partial charge in [-0.15, -0.1) is 0 Å². The fourth-order valence-corrected chi connectivity index (χ4v) is 6.02. The standard InChI is InChI=1S/C29H30N2O2S/c1-19-9-13-26(14-10-19)31-28(32)27(34-29(31)33)18-24-17-20(2)30(21(24)3)25-15-11-23(12-16-25)22-7-5-4-6-8-22/h9-18,22H,4-8H2,1-3H3/b27-18-. The number of thioether (sulfide) groups is 1. The maximum atomic E-state index is 13.1. The molecule has 2 fully saturated rings. The average Bonchev–Trinajstić information content (AvgIpc) is 3.28. The molecule has 1 saturated carbocycles. The van der Waals surface area contributed by atoms with E-state index < -0.39 is 0 Å². The second-order valence-electron chi connectivity index (χ2n) is 9.44. The second-order valence-corrected chi connectivity index (χ2v) is 10.4. The number of anilines is 1. The summed E-state index contributed by atoms with van der Waals surface area (Å²) >= 11 is 1.00. The summed E-state index contributed by atoms with van der Waals surface area (Å²) in [6.45, 7) is 6.13. The minimum Gasteiger partial charge on any atom is -0.318 e. The van der Waals surface area contributed by atoms with Crippen molar-refractivity contribution in [3.05, 3.63) is 87.6 Å². The highest BCUT2D eigenvalue weighted by atomic mass is 32.2. The first-order valence-corrected chi connectivity index (χ1v) is 12.9. The Hall–Kier alpha value is -3.05. The summed E-state index contributed by atoms with van der Waals surface area (Å²) in [5.74, 6) is 0.426. The molecule has 0 unspecified atom stereocenters. The van der Waals surface area contributed by atoms with Gasteiger partial charge in [-0.05, 0) is 98.8 Å². The highest BCUT2D eigenvalue weighted by molar-refractivity contribution is 8.19. The third-order valence-electron chi connectivity index (χ3n) is 7.07. The van der Waals surface area contributed by atoms with Crippen LogP contribution in [0.4, 0.5) is 10.5 Å². The molecule has 5 rings (SSSR count). The van der Waals surface area contributed by atoms with Gasteiger partial charge in [-0.3, -0.25) is 9.59 Å². The molecule has 0 spiro atoms. The van der Waals surface area contributed by atoms with Gasteiger partial charge >= 0.3 is 0 Å². The molecule has 0 N–H and O–H groups in total. The fraction of sp³-hybridized carbons (Fsp3) is 0.310. The molecule has 0 radical (unpaired) electrons. The van der Waals surface area contributed by atoms with Crippen LogP contribution in [0, 0.1) is 20.8 Å². The third-order valence-corrected chi connectivity index (χ3v) is 7.94. The summed E-state index contributed by atoms with van der Waals surface area (Å²) in [7, 11) is 0. The summed E-state index contributed by atoms with van der Waals surface area (Å²) in [5.41, 5.74) is 7.39. The molecule has 174 valence electrons. The van der Waals surface area contributed by atoms with Gasteiger partial charge in [-0.1, -0.05) is 49.1 Å². The van der Waals surface area contributed by atoms with Crippen LogP contribution in [0.1, 0.15) is 66.1 Å². The zero-order valence-electron chi connectivity index (χ0n) is 20.0. The van der Waals surface area contributed by atoms with E-state index in [1.807, 2.05) is 37.3 Å². The van der Waals surface area contributed by atoms with Gasteiger partial charge in [0.25, 0.3) is 11.1 Å². The van der Waals surface area contributed by atoms with Crippen molar-refractivity contribution >= 4 is 34.7 Å². The lowest BCUT2D eigenvalue weighted by Crippen LogP contribution is -2.27. The normalized spacial score (nSPS) is 18.3. The zero-order valence-corrected chi connectivity index (χ0v) is 20.8. The van der Waals surface area contributed by atoms with Crippen molar-refractivity contribution in [2.24, 2.45) is 0 Å². The minimum atomic E-state index is -0.263. The van der Waals surface area contributed by atoms with Crippen molar-refractivity contribution in [2.45, 2.75) is 58.8 Å². The van der Waals surface area contributed by atoms with Crippen molar-refractivity contribution in [1.29, 1.82) is 0 Å². The van der Waals surface area contributed by atoms with Gasteiger partial charge in [0, 0.05) is 17.1 Å². The Morgan fingerprint density at radius 1 is 0.853 bits per heavy atom. The number of hydrogen-bond donors (Lipinski definition) is 0. The number of nitrogens with zero attached hydrogens (tertiary/aromatic N) is 2. The summed E-state index contributed by atoms with van der Waals surface area (Å²) < 4.78 is 2.22. The minimum absolute atomic E-state index is 0.257. The number of carbonyl (C=O) groups is 2. The molecule has 1 saturated heterocycles. The van der Waals surface area contributed by atoms with Crippen molar-refractivity contribution < 1.29 is 9.59 Å². The number of aryl methyl sites for hydroxylation is 2. The molecule has 0 atom stereocenters. The quantitative estimate of drug-likeness (QED) is 0.367. The van der Waals surface area contributed by atoms with Crippen molar-refractivity contribution in [3.8, 4) is 5.69 Å². The molecule has 2 aliphatic rings. The van der Waals surface area contributed by atoms with E-state index in [1.165, 1.54) is 42.6 Å². The van der Waals surface area contributed by atoms with E-state index in [0.29, 0.717) is 16.5 Å². The van der Waals surface area contributed by atoms with Gasteiger partial charge in [0.1, 0.15) is 0 Å². The number of imide groups is 1. The van der Waals surface area contributed by atoms with E-state index in [-0.39, 0.29) is 11.1 Å². The molecule has 0 bridgehead atoms. The SMILES string of the molecule is Cc1ccc(N2C(=O)S/C(=C\c3cc(C)n(-c4ccc(C5CCCCC5)cc4)c3C)C2=O)cc1. The molecule has 5 heteroatoms. The molecule has 2 amide bonds. The molecule has 2 heterocycles. The Bertz CT molecular complexity index is 1260. The molecular formula is C29H30N2O2S. The summed E-state index contributed by atoms with van der Waals surface area (Å²) in [6.07, 6.45) is 8.48. The Morgan fingerprint density at radius 2 is 1.50 bits per heavy atom. The van der Waals surface area contributed by atoms with Crippen LogP contribution in [0.25, 0.3) is 11.8 Å². The van der Waals surface area contributed by atoms with Crippen LogP contribution in [-0.4, -0.2) is 15.7 Å². The molecule has 34 heavy (non-hydrogen) atoms. The van der Waals surface area contributed by atoms with Crippen LogP contribution in [0.2, 0.25) is 0 Å². The molecule has 1 aromatic heterocycles. The summed E-state index contributed by atoms with van der Waals surface area (Å²) in [6, 6.07) is 18.5. The Kier molecular flexibility index (Phi) is 6.22. The molecule has 4 nitrogen and oxygen atoms in total. The lowest BCUT2D eigenvalue weighted by molar-refractivity contribution is -0.113. The van der Waals surface area contributed by atoms with E-state index >= 15 is 0 Å². The molecule has 2 aromatic carbocycles. The van der Waals surface area contributed by atoms with Gasteiger partial charge in [0.2, 0.25) is 0 Å². The molecule has 1 aliphatic carbocycles. The molecule has 3 aromatic rings. The predicted octanol–water partition coefficient (Wildman–Crippen LogP) is 7.69. The van der Waals surface area contributed by atoms with Gasteiger partial charge in [0.05, 0.1) is 10.6 Å². The Balaban J connectivity index is 1.41. The van der Waals surface area contributed by atoms with E-state index in [1.54, 1.807) is 0 Å². The van der Waals surface area contributed by atoms with Gasteiger partial charge in [-0.2, -0.15) is 0 Å². The Morgan fingerprint density at radius 3 is 2.18 bits per heavy atom. The second kappa shape index (κ2) is 9.30. The number of benzene rings is 2. The largest absolute Gasteiger partial charge is 0.318 e. The maximum absolute atomic E-state index is 13.1. The van der Waals surface area contributed by atoms with Crippen LogP contribution in [0.15, 0.2) is 59.5 Å². The van der Waals surface area contributed by atoms with Crippen molar-refractivity contribution in [3.63, 3.8) is 0 Å². The van der Waals surface area contributed by atoms with E-state index in [0.717, 1.165) is 40.0 Å². The van der Waals surface area contributed by atoms with Gasteiger partial charge < -0.3 is 4.57 Å². The van der Waals surface area contributed by atoms with Crippen LogP contribution in [0.5, 0.6) is 0 Å². The van der Waals surface area contributed by atoms with Gasteiger partial charge in [-0.25, -0.2) is 4.90 Å². The number of amides is 2. The smallest absolute Gasteiger partial charge is 0.298 e. The molecule has 1 aliphatic heterocycles. The first kappa shape index (κ1) is 22.7. The Labute approximate surface area is 205 Å². The average molecular weight is 471 g/mol. The topological polar surface area (TPSA) is 42.3 Å². The highest BCUT2D eigenvalue weighted by Gasteiger charge is 2.36. The third kappa shape index (κ3) is 4.25. The van der Waals surface area contributed by atoms with E-state index in [2.05, 4.69) is 48.7 Å². The first-order chi connectivity index (χ1) is 16.4. The van der Waals surface area contributed by atoms with E-state index in [9.17, 15) is 9.59 Å². The van der Waals surface area contributed by atoms with Crippen molar-refractivity contribution in [2.75, 3.05) is 4.90 Å². The highest BCUT2D eigenvalue weighted by Crippen LogP contribution is 2.37. The molecular weight excluding hydrogens is 440 g/mol. The number of rotatable bonds is 4. The monoisotopic (exact) mass is 470 g/mol. The van der Waals surface area contributed by atoms with Crippen LogP contribution in [0.3, 0.4) is 0 Å². The number of carbonyl (C=O) groups excluding carboxylic acids is 2. The number of aromatic nitrogens is 1. The number of hydrogen-bond acceptors (Lipinski definition) is 3. The summed E-state index contributed by atoms with van der Waals surface area (Å²) in [5, 5.41) is -0.257. The van der Waals surface area contributed by atoms with Crippen LogP contribution in [-0.2, 0) is 4.79 Å². The maximum Gasteiger partial charge on any atom is 0.298 e.